The molecule has 1 aliphatic rings. The first-order valence-corrected chi connectivity index (χ1v) is 9.22. The van der Waals surface area contributed by atoms with Gasteiger partial charge >= 0.3 is 0 Å². The van der Waals surface area contributed by atoms with Gasteiger partial charge in [0.2, 0.25) is 0 Å². The highest BCUT2D eigenvalue weighted by Crippen LogP contribution is 2.36. The predicted octanol–water partition coefficient (Wildman–Crippen LogP) is 4.67. The molecule has 0 atom stereocenters. The molecular weight excluding hydrogens is 350 g/mol. The Kier molecular flexibility index (Phi) is 3.86. The van der Waals surface area contributed by atoms with Gasteiger partial charge < -0.3 is 24.8 Å². The lowest BCUT2D eigenvalue weighted by Crippen LogP contribution is -2.13. The van der Waals surface area contributed by atoms with Crippen molar-refractivity contribution in [2.75, 3.05) is 14.2 Å². The molecule has 0 fully saturated rings. The van der Waals surface area contributed by atoms with Crippen LogP contribution in [0.25, 0.3) is 27.7 Å². The Morgan fingerprint density at radius 3 is 2.57 bits per heavy atom. The summed E-state index contributed by atoms with van der Waals surface area (Å²) >= 11 is 0. The molecule has 5 nitrogen and oxygen atoms in total. The summed E-state index contributed by atoms with van der Waals surface area (Å²) < 4.78 is 10.8. The minimum absolute atomic E-state index is 0.722. The smallest absolute Gasteiger partial charge is 0.161 e. The third-order valence-corrected chi connectivity index (χ3v) is 5.27. The Balaban J connectivity index is 1.57. The summed E-state index contributed by atoms with van der Waals surface area (Å²) in [7, 11) is 3.30. The van der Waals surface area contributed by atoms with E-state index in [4.69, 9.17) is 9.47 Å². The van der Waals surface area contributed by atoms with Crippen molar-refractivity contribution in [3.63, 3.8) is 0 Å². The van der Waals surface area contributed by atoms with Crippen LogP contribution in [0.3, 0.4) is 0 Å². The van der Waals surface area contributed by atoms with Gasteiger partial charge in [-0.15, -0.1) is 0 Å². The van der Waals surface area contributed by atoms with Gasteiger partial charge in [-0.05, 0) is 59.0 Å². The number of aromatic amines is 2. The normalized spacial score (nSPS) is 13.0. The van der Waals surface area contributed by atoms with E-state index in [2.05, 4.69) is 51.8 Å². The highest BCUT2D eigenvalue weighted by Gasteiger charge is 2.19. The summed E-state index contributed by atoms with van der Waals surface area (Å²) in [6.45, 7) is 0.801. The van der Waals surface area contributed by atoms with Crippen molar-refractivity contribution >= 4 is 16.5 Å². The molecule has 5 heteroatoms. The van der Waals surface area contributed by atoms with Gasteiger partial charge in [-0.25, -0.2) is 0 Å². The first-order valence-electron chi connectivity index (χ1n) is 9.22. The van der Waals surface area contributed by atoms with E-state index in [0.29, 0.717) is 0 Å². The lowest BCUT2D eigenvalue weighted by Gasteiger charge is -2.15. The Bertz CT molecular complexity index is 1200. The highest BCUT2D eigenvalue weighted by molar-refractivity contribution is 5.89. The van der Waals surface area contributed by atoms with Gasteiger partial charge in [0, 0.05) is 41.3 Å². The van der Waals surface area contributed by atoms with E-state index in [-0.39, 0.29) is 0 Å². The van der Waals surface area contributed by atoms with E-state index in [1.165, 1.54) is 16.5 Å². The Morgan fingerprint density at radius 1 is 0.857 bits per heavy atom. The van der Waals surface area contributed by atoms with E-state index in [1.54, 1.807) is 14.2 Å². The molecule has 5 rings (SSSR count). The number of aromatic nitrogens is 2. The molecule has 2 aromatic heterocycles. The molecule has 0 radical (unpaired) electrons. The first kappa shape index (κ1) is 16.6. The molecule has 0 bridgehead atoms. The molecule has 0 aliphatic carbocycles. The van der Waals surface area contributed by atoms with Crippen molar-refractivity contribution in [3.8, 4) is 22.8 Å². The van der Waals surface area contributed by atoms with E-state index in [9.17, 15) is 0 Å². The SMILES string of the molecule is COc1ccc(-c2cc3c([nH]2)C(c2ccc4[nH]ccc4c2)=CNC3)cc1OC. The highest BCUT2D eigenvalue weighted by atomic mass is 16.5. The van der Waals surface area contributed by atoms with Gasteiger partial charge in [-0.2, -0.15) is 0 Å². The van der Waals surface area contributed by atoms with Crippen LogP contribution >= 0.6 is 0 Å². The van der Waals surface area contributed by atoms with Crippen LogP contribution in [0.5, 0.6) is 11.5 Å². The molecule has 0 spiro atoms. The molecular formula is C23H21N3O2. The van der Waals surface area contributed by atoms with Crippen LogP contribution in [-0.2, 0) is 6.54 Å². The molecule has 2 aromatic carbocycles. The van der Waals surface area contributed by atoms with Gasteiger partial charge in [-0.1, -0.05) is 6.07 Å². The van der Waals surface area contributed by atoms with E-state index in [0.717, 1.165) is 46.1 Å². The van der Waals surface area contributed by atoms with Crippen molar-refractivity contribution < 1.29 is 9.47 Å². The summed E-state index contributed by atoms with van der Waals surface area (Å²) in [6, 6.07) is 16.8. The van der Waals surface area contributed by atoms with Crippen molar-refractivity contribution in [1.29, 1.82) is 0 Å². The topological polar surface area (TPSA) is 62.1 Å². The minimum atomic E-state index is 0.722. The Hall–Kier alpha value is -3.60. The second-order valence-electron chi connectivity index (χ2n) is 6.87. The van der Waals surface area contributed by atoms with E-state index >= 15 is 0 Å². The van der Waals surface area contributed by atoms with Crippen LogP contribution < -0.4 is 14.8 Å². The third-order valence-electron chi connectivity index (χ3n) is 5.27. The molecule has 4 aromatic rings. The van der Waals surface area contributed by atoms with Crippen molar-refractivity contribution in [2.24, 2.45) is 0 Å². The first-order chi connectivity index (χ1) is 13.8. The van der Waals surface area contributed by atoms with E-state index in [1.807, 2.05) is 24.4 Å². The number of fused-ring (bicyclic) bond motifs is 2. The average molecular weight is 371 g/mol. The fraction of sp³-hybridized carbons (Fsp3) is 0.130. The molecule has 1 aliphatic heterocycles. The molecule has 3 N–H and O–H groups in total. The maximum atomic E-state index is 5.46. The molecule has 0 saturated heterocycles. The van der Waals surface area contributed by atoms with E-state index < -0.39 is 0 Å². The maximum Gasteiger partial charge on any atom is 0.161 e. The number of rotatable bonds is 4. The number of H-pyrrole nitrogens is 2. The van der Waals surface area contributed by atoms with Crippen LogP contribution in [-0.4, -0.2) is 24.2 Å². The van der Waals surface area contributed by atoms with Gasteiger partial charge in [0.05, 0.1) is 19.9 Å². The molecule has 28 heavy (non-hydrogen) atoms. The Morgan fingerprint density at radius 2 is 1.71 bits per heavy atom. The molecule has 3 heterocycles. The summed E-state index contributed by atoms with van der Waals surface area (Å²) in [4.78, 5) is 6.87. The zero-order valence-electron chi connectivity index (χ0n) is 15.8. The zero-order valence-corrected chi connectivity index (χ0v) is 15.8. The van der Waals surface area contributed by atoms with Crippen LogP contribution in [0.1, 0.15) is 16.8 Å². The van der Waals surface area contributed by atoms with Crippen molar-refractivity contribution in [2.45, 2.75) is 6.54 Å². The van der Waals surface area contributed by atoms with Crippen molar-refractivity contribution in [3.05, 3.63) is 77.7 Å². The summed E-state index contributed by atoms with van der Waals surface area (Å²) in [6.07, 6.45) is 4.06. The third kappa shape index (κ3) is 2.63. The summed E-state index contributed by atoms with van der Waals surface area (Å²) in [5, 5.41) is 4.61. The number of ether oxygens (including phenoxy) is 2. The summed E-state index contributed by atoms with van der Waals surface area (Å²) in [5.41, 5.74) is 8.01. The second kappa shape index (κ2) is 6.53. The van der Waals surface area contributed by atoms with Crippen LogP contribution in [0.2, 0.25) is 0 Å². The standard InChI is InChI=1S/C23H21N3O2/c1-27-21-6-4-15(11-22(21)28-2)20-10-17-12-24-13-18(23(17)26-20)14-3-5-19-16(9-14)7-8-25-19/h3-11,13,24-26H,12H2,1-2H3. The van der Waals surface area contributed by atoms with Crippen molar-refractivity contribution in [1.82, 2.24) is 15.3 Å². The predicted molar refractivity (Wildman–Crippen MR) is 112 cm³/mol. The van der Waals surface area contributed by atoms with Crippen LogP contribution in [0, 0.1) is 0 Å². The fourth-order valence-corrected chi connectivity index (χ4v) is 3.82. The van der Waals surface area contributed by atoms with Gasteiger partial charge in [0.1, 0.15) is 0 Å². The lowest BCUT2D eigenvalue weighted by molar-refractivity contribution is 0.355. The van der Waals surface area contributed by atoms with Gasteiger partial charge in [-0.3, -0.25) is 0 Å². The largest absolute Gasteiger partial charge is 0.493 e. The number of hydrogen-bond acceptors (Lipinski definition) is 3. The number of nitrogens with one attached hydrogen (secondary N) is 3. The monoisotopic (exact) mass is 371 g/mol. The number of methoxy groups -OCH3 is 2. The lowest BCUT2D eigenvalue weighted by atomic mass is 9.98. The zero-order chi connectivity index (χ0) is 19.1. The fourth-order valence-electron chi connectivity index (χ4n) is 3.82. The van der Waals surface area contributed by atoms with Gasteiger partial charge in [0.25, 0.3) is 0 Å². The molecule has 0 saturated carbocycles. The number of hydrogen-bond donors (Lipinski definition) is 3. The minimum Gasteiger partial charge on any atom is -0.493 e. The maximum absolute atomic E-state index is 5.46. The Labute approximate surface area is 163 Å². The van der Waals surface area contributed by atoms with Crippen LogP contribution in [0.15, 0.2) is 60.9 Å². The second-order valence-corrected chi connectivity index (χ2v) is 6.87. The molecule has 0 unspecified atom stereocenters. The molecule has 140 valence electrons. The molecule has 0 amide bonds. The average Bonchev–Trinajstić information content (AvgIpc) is 3.39. The quantitative estimate of drug-likeness (QED) is 0.488. The number of benzene rings is 2. The summed E-state index contributed by atoms with van der Waals surface area (Å²) in [5.74, 6) is 1.45. The van der Waals surface area contributed by atoms with Crippen LogP contribution in [0.4, 0.5) is 0 Å². The van der Waals surface area contributed by atoms with Gasteiger partial charge in [0.15, 0.2) is 11.5 Å².